The van der Waals surface area contributed by atoms with Gasteiger partial charge in [0.15, 0.2) is 0 Å². The van der Waals surface area contributed by atoms with Crippen molar-refractivity contribution in [1.82, 2.24) is 0 Å². The SMILES string of the molecule is CC(C)(C)c1ccc2c(c1)SCC(CCCO)N2. The van der Waals surface area contributed by atoms with Crippen LogP contribution in [0.25, 0.3) is 0 Å². The lowest BCUT2D eigenvalue weighted by atomic mass is 9.87. The van der Waals surface area contributed by atoms with Gasteiger partial charge in [0.2, 0.25) is 0 Å². The Labute approximate surface area is 114 Å². The average Bonchev–Trinajstić information content (AvgIpc) is 2.34. The number of aliphatic hydroxyl groups is 1. The fourth-order valence-corrected chi connectivity index (χ4v) is 3.30. The minimum atomic E-state index is 0.212. The molecule has 1 aliphatic rings. The van der Waals surface area contributed by atoms with Gasteiger partial charge in [-0.2, -0.15) is 0 Å². The highest BCUT2D eigenvalue weighted by molar-refractivity contribution is 7.99. The van der Waals surface area contributed by atoms with Crippen molar-refractivity contribution in [3.05, 3.63) is 23.8 Å². The number of benzene rings is 1. The molecule has 3 heteroatoms. The number of rotatable bonds is 3. The molecule has 0 saturated carbocycles. The van der Waals surface area contributed by atoms with E-state index in [1.807, 2.05) is 11.8 Å². The molecule has 0 bridgehead atoms. The van der Waals surface area contributed by atoms with Crippen molar-refractivity contribution in [2.24, 2.45) is 0 Å². The normalized spacial score (nSPS) is 19.2. The second kappa shape index (κ2) is 5.54. The van der Waals surface area contributed by atoms with Crippen LogP contribution in [-0.2, 0) is 5.41 Å². The monoisotopic (exact) mass is 265 g/mol. The van der Waals surface area contributed by atoms with Crippen molar-refractivity contribution in [3.8, 4) is 0 Å². The second-order valence-corrected chi connectivity index (χ2v) is 7.04. The van der Waals surface area contributed by atoms with Crippen LogP contribution in [0.5, 0.6) is 0 Å². The van der Waals surface area contributed by atoms with E-state index in [1.54, 1.807) is 0 Å². The maximum absolute atomic E-state index is 8.88. The number of fused-ring (bicyclic) bond motifs is 1. The summed E-state index contributed by atoms with van der Waals surface area (Å²) in [6.45, 7) is 7.04. The van der Waals surface area contributed by atoms with Crippen LogP contribution < -0.4 is 5.32 Å². The maximum atomic E-state index is 8.88. The molecule has 18 heavy (non-hydrogen) atoms. The first-order chi connectivity index (χ1) is 8.50. The van der Waals surface area contributed by atoms with E-state index in [0.717, 1.165) is 18.6 Å². The summed E-state index contributed by atoms with van der Waals surface area (Å²) in [4.78, 5) is 1.36. The van der Waals surface area contributed by atoms with Crippen molar-refractivity contribution in [1.29, 1.82) is 0 Å². The van der Waals surface area contributed by atoms with Gasteiger partial charge in [0, 0.05) is 29.0 Å². The van der Waals surface area contributed by atoms with Crippen molar-refractivity contribution < 1.29 is 5.11 Å². The molecule has 2 rings (SSSR count). The van der Waals surface area contributed by atoms with E-state index in [2.05, 4.69) is 44.3 Å². The third-order valence-corrected chi connectivity index (χ3v) is 4.58. The molecule has 0 aliphatic carbocycles. The Bertz CT molecular complexity index is 411. The maximum Gasteiger partial charge on any atom is 0.0481 e. The lowest BCUT2D eigenvalue weighted by molar-refractivity contribution is 0.282. The van der Waals surface area contributed by atoms with Gasteiger partial charge >= 0.3 is 0 Å². The molecule has 0 amide bonds. The number of hydrogen-bond donors (Lipinski definition) is 2. The predicted octanol–water partition coefficient (Wildman–Crippen LogP) is 3.64. The first-order valence-electron chi connectivity index (χ1n) is 6.65. The highest BCUT2D eigenvalue weighted by atomic mass is 32.2. The second-order valence-electron chi connectivity index (χ2n) is 5.98. The van der Waals surface area contributed by atoms with Crippen LogP contribution in [0, 0.1) is 0 Å². The smallest absolute Gasteiger partial charge is 0.0481 e. The summed E-state index contributed by atoms with van der Waals surface area (Å²) in [5.74, 6) is 1.10. The van der Waals surface area contributed by atoms with Gasteiger partial charge in [-0.15, -0.1) is 11.8 Å². The molecule has 2 N–H and O–H groups in total. The van der Waals surface area contributed by atoms with Crippen molar-refractivity contribution in [2.45, 2.75) is 50.0 Å². The van der Waals surface area contributed by atoms with E-state index < -0.39 is 0 Å². The van der Waals surface area contributed by atoms with E-state index in [9.17, 15) is 0 Å². The van der Waals surface area contributed by atoms with Crippen LogP contribution in [0.1, 0.15) is 39.2 Å². The summed E-state index contributed by atoms with van der Waals surface area (Å²) in [6.07, 6.45) is 1.93. The predicted molar refractivity (Wildman–Crippen MR) is 79.6 cm³/mol. The van der Waals surface area contributed by atoms with E-state index in [1.165, 1.54) is 16.1 Å². The first kappa shape index (κ1) is 13.8. The molecule has 0 fully saturated rings. The Morgan fingerprint density at radius 2 is 2.17 bits per heavy atom. The molecule has 1 aromatic rings. The topological polar surface area (TPSA) is 32.3 Å². The number of thioether (sulfide) groups is 1. The molecule has 1 atom stereocenters. The summed E-state index contributed by atoms with van der Waals surface area (Å²) < 4.78 is 0. The van der Waals surface area contributed by atoms with Crippen LogP contribution in [0.15, 0.2) is 23.1 Å². The van der Waals surface area contributed by atoms with Crippen LogP contribution in [0.3, 0.4) is 0 Å². The molecule has 0 spiro atoms. The number of anilines is 1. The molecule has 0 radical (unpaired) electrons. The molecule has 1 unspecified atom stereocenters. The summed E-state index contributed by atoms with van der Waals surface area (Å²) in [5, 5.41) is 12.5. The molecule has 2 nitrogen and oxygen atoms in total. The Kier molecular flexibility index (Phi) is 4.23. The highest BCUT2D eigenvalue weighted by Crippen LogP contribution is 2.37. The van der Waals surface area contributed by atoms with E-state index in [4.69, 9.17) is 5.11 Å². The molecule has 1 heterocycles. The molecular formula is C15H23NOS. The standard InChI is InChI=1S/C15H23NOS/c1-15(2,3)11-6-7-13-14(9-11)18-10-12(16-13)5-4-8-17/h6-7,9,12,16-17H,4-5,8,10H2,1-3H3. The molecule has 1 aliphatic heterocycles. The Balaban J connectivity index is 2.11. The van der Waals surface area contributed by atoms with Crippen LogP contribution in [-0.4, -0.2) is 23.5 Å². The lowest BCUT2D eigenvalue weighted by Crippen LogP contribution is -2.26. The quantitative estimate of drug-likeness (QED) is 0.875. The molecule has 0 aromatic heterocycles. The number of hydrogen-bond acceptors (Lipinski definition) is 3. The van der Waals surface area contributed by atoms with Gasteiger partial charge in [-0.1, -0.05) is 26.8 Å². The van der Waals surface area contributed by atoms with Gasteiger partial charge in [-0.05, 0) is 36.0 Å². The highest BCUT2D eigenvalue weighted by Gasteiger charge is 2.21. The van der Waals surface area contributed by atoms with Gasteiger partial charge < -0.3 is 10.4 Å². The zero-order valence-corrected chi connectivity index (χ0v) is 12.3. The lowest BCUT2D eigenvalue weighted by Gasteiger charge is -2.28. The van der Waals surface area contributed by atoms with Crippen molar-refractivity contribution in [3.63, 3.8) is 0 Å². The van der Waals surface area contributed by atoms with Gasteiger partial charge in [0.1, 0.15) is 0 Å². The van der Waals surface area contributed by atoms with Crippen LogP contribution in [0.2, 0.25) is 0 Å². The average molecular weight is 265 g/mol. The van der Waals surface area contributed by atoms with Gasteiger partial charge in [0.25, 0.3) is 0 Å². The third kappa shape index (κ3) is 3.21. The van der Waals surface area contributed by atoms with E-state index >= 15 is 0 Å². The van der Waals surface area contributed by atoms with Gasteiger partial charge in [0.05, 0.1) is 0 Å². The summed E-state index contributed by atoms with van der Waals surface area (Å²) in [6, 6.07) is 7.24. The van der Waals surface area contributed by atoms with E-state index in [-0.39, 0.29) is 5.41 Å². The molecule has 0 saturated heterocycles. The van der Waals surface area contributed by atoms with Crippen molar-refractivity contribution in [2.75, 3.05) is 17.7 Å². The molecule has 100 valence electrons. The molecule has 1 aromatic carbocycles. The largest absolute Gasteiger partial charge is 0.396 e. The Hall–Kier alpha value is -0.670. The summed E-state index contributed by atoms with van der Waals surface area (Å²) in [7, 11) is 0. The van der Waals surface area contributed by atoms with Gasteiger partial charge in [-0.3, -0.25) is 0 Å². The first-order valence-corrected chi connectivity index (χ1v) is 7.64. The van der Waals surface area contributed by atoms with Crippen LogP contribution in [0.4, 0.5) is 5.69 Å². The minimum absolute atomic E-state index is 0.212. The zero-order valence-electron chi connectivity index (χ0n) is 11.5. The fraction of sp³-hybridized carbons (Fsp3) is 0.600. The number of nitrogens with one attached hydrogen (secondary N) is 1. The third-order valence-electron chi connectivity index (χ3n) is 3.36. The van der Waals surface area contributed by atoms with Gasteiger partial charge in [-0.25, -0.2) is 0 Å². The molecular weight excluding hydrogens is 242 g/mol. The summed E-state index contributed by atoms with van der Waals surface area (Å²) in [5.41, 5.74) is 2.86. The van der Waals surface area contributed by atoms with E-state index in [0.29, 0.717) is 12.6 Å². The zero-order chi connectivity index (χ0) is 13.2. The fourth-order valence-electron chi connectivity index (χ4n) is 2.17. The minimum Gasteiger partial charge on any atom is -0.396 e. The summed E-state index contributed by atoms with van der Waals surface area (Å²) >= 11 is 1.93. The van der Waals surface area contributed by atoms with Crippen LogP contribution >= 0.6 is 11.8 Å². The number of aliphatic hydroxyl groups excluding tert-OH is 1. The Morgan fingerprint density at radius 1 is 1.39 bits per heavy atom. The Morgan fingerprint density at radius 3 is 2.83 bits per heavy atom. The van der Waals surface area contributed by atoms with Crippen molar-refractivity contribution >= 4 is 17.4 Å².